The first kappa shape index (κ1) is 15.7. The van der Waals surface area contributed by atoms with E-state index >= 15 is 0 Å². The first-order valence-electron chi connectivity index (χ1n) is 8.55. The monoisotopic (exact) mass is 308 g/mol. The van der Waals surface area contributed by atoms with Crippen molar-refractivity contribution in [2.75, 3.05) is 6.54 Å². The predicted molar refractivity (Wildman–Crippen MR) is 92.1 cm³/mol. The van der Waals surface area contributed by atoms with Crippen LogP contribution < -0.4 is 5.32 Å². The van der Waals surface area contributed by atoms with Crippen molar-refractivity contribution in [3.05, 3.63) is 66.0 Å². The molecule has 3 heteroatoms. The topological polar surface area (TPSA) is 42.0 Å². The van der Waals surface area contributed by atoms with Gasteiger partial charge in [0.15, 0.2) is 0 Å². The van der Waals surface area contributed by atoms with Gasteiger partial charge in [-0.05, 0) is 37.0 Å². The summed E-state index contributed by atoms with van der Waals surface area (Å²) in [5, 5.41) is 3.18. The molecule has 1 amide bonds. The highest BCUT2D eigenvalue weighted by atomic mass is 16.1. The Balaban J connectivity index is 1.66. The lowest BCUT2D eigenvalue weighted by molar-refractivity contribution is -0.124. The van der Waals surface area contributed by atoms with Gasteiger partial charge in [0.25, 0.3) is 0 Å². The number of nitrogens with zero attached hydrogens (tertiary/aromatic N) is 1. The van der Waals surface area contributed by atoms with E-state index in [2.05, 4.69) is 40.6 Å². The number of pyridine rings is 1. The third-order valence-corrected chi connectivity index (χ3v) is 4.70. The first-order valence-corrected chi connectivity index (χ1v) is 8.55. The zero-order valence-electron chi connectivity index (χ0n) is 13.4. The fourth-order valence-corrected chi connectivity index (χ4v) is 3.36. The van der Waals surface area contributed by atoms with Crippen molar-refractivity contribution < 1.29 is 4.79 Å². The van der Waals surface area contributed by atoms with Crippen LogP contribution in [0.15, 0.2) is 54.7 Å². The predicted octanol–water partition coefficient (Wildman–Crippen LogP) is 3.71. The van der Waals surface area contributed by atoms with Gasteiger partial charge in [-0.3, -0.25) is 9.78 Å². The van der Waals surface area contributed by atoms with Gasteiger partial charge in [-0.25, -0.2) is 0 Å². The van der Waals surface area contributed by atoms with Crippen LogP contribution in [0.2, 0.25) is 0 Å². The molecular formula is C20H24N2O. The van der Waals surface area contributed by atoms with Crippen LogP contribution in [0.5, 0.6) is 0 Å². The smallest absolute Gasteiger partial charge is 0.223 e. The first-order chi connectivity index (χ1) is 11.3. The summed E-state index contributed by atoms with van der Waals surface area (Å²) in [5.74, 6) is 0.710. The van der Waals surface area contributed by atoms with Crippen molar-refractivity contribution in [1.29, 1.82) is 0 Å². The number of aromatic nitrogens is 1. The van der Waals surface area contributed by atoms with Crippen molar-refractivity contribution in [3.8, 4) is 0 Å². The van der Waals surface area contributed by atoms with E-state index in [1.165, 1.54) is 18.4 Å². The van der Waals surface area contributed by atoms with Gasteiger partial charge in [0.2, 0.25) is 5.91 Å². The van der Waals surface area contributed by atoms with E-state index in [1.54, 1.807) is 0 Å². The van der Waals surface area contributed by atoms with Gasteiger partial charge in [0.1, 0.15) is 0 Å². The summed E-state index contributed by atoms with van der Waals surface area (Å²) < 4.78 is 0. The van der Waals surface area contributed by atoms with E-state index in [4.69, 9.17) is 0 Å². The van der Waals surface area contributed by atoms with Gasteiger partial charge in [-0.2, -0.15) is 0 Å². The van der Waals surface area contributed by atoms with Crippen molar-refractivity contribution in [3.63, 3.8) is 0 Å². The van der Waals surface area contributed by atoms with E-state index in [1.807, 2.05) is 24.4 Å². The molecule has 1 aliphatic carbocycles. The van der Waals surface area contributed by atoms with Crippen LogP contribution in [-0.4, -0.2) is 17.4 Å². The molecule has 2 aromatic rings. The van der Waals surface area contributed by atoms with Gasteiger partial charge >= 0.3 is 0 Å². The Hall–Kier alpha value is -2.16. The summed E-state index contributed by atoms with van der Waals surface area (Å²) in [5.41, 5.74) is 2.32. The van der Waals surface area contributed by atoms with E-state index in [-0.39, 0.29) is 17.7 Å². The second-order valence-corrected chi connectivity index (χ2v) is 6.36. The molecular weight excluding hydrogens is 284 g/mol. The maximum atomic E-state index is 12.3. The average molecular weight is 308 g/mol. The van der Waals surface area contributed by atoms with Crippen LogP contribution in [0.4, 0.5) is 0 Å². The molecule has 1 unspecified atom stereocenters. The van der Waals surface area contributed by atoms with E-state index in [0.29, 0.717) is 6.54 Å². The van der Waals surface area contributed by atoms with Crippen LogP contribution in [0.1, 0.15) is 42.9 Å². The largest absolute Gasteiger partial charge is 0.355 e. The number of amides is 1. The second kappa shape index (κ2) is 7.91. The number of carbonyl (C=O) groups excluding carboxylic acids is 1. The van der Waals surface area contributed by atoms with Gasteiger partial charge in [0, 0.05) is 30.3 Å². The normalized spacial score (nSPS) is 16.2. The van der Waals surface area contributed by atoms with Crippen LogP contribution in [0.3, 0.4) is 0 Å². The summed E-state index contributed by atoms with van der Waals surface area (Å²) in [6, 6.07) is 16.4. The summed E-state index contributed by atoms with van der Waals surface area (Å²) in [6.45, 7) is 0.677. The number of hydrogen-bond acceptors (Lipinski definition) is 2. The van der Waals surface area contributed by atoms with Crippen LogP contribution in [-0.2, 0) is 11.2 Å². The lowest BCUT2D eigenvalue weighted by Gasteiger charge is -2.19. The molecule has 1 N–H and O–H groups in total. The average Bonchev–Trinajstić information content (AvgIpc) is 3.15. The Morgan fingerprint density at radius 2 is 1.83 bits per heavy atom. The third kappa shape index (κ3) is 4.41. The fourth-order valence-electron chi connectivity index (χ4n) is 3.36. The minimum Gasteiger partial charge on any atom is -0.355 e. The van der Waals surface area contributed by atoms with E-state index < -0.39 is 0 Å². The summed E-state index contributed by atoms with van der Waals surface area (Å²) in [4.78, 5) is 16.7. The quantitative estimate of drug-likeness (QED) is 0.884. The van der Waals surface area contributed by atoms with Gasteiger partial charge in [-0.15, -0.1) is 0 Å². The van der Waals surface area contributed by atoms with Crippen LogP contribution >= 0.6 is 0 Å². The number of benzene rings is 1. The SMILES string of the molecule is O=C(NCC(Cc1ccccn1)c1ccccc1)C1CCCC1. The molecule has 1 saturated carbocycles. The molecule has 1 atom stereocenters. The zero-order valence-corrected chi connectivity index (χ0v) is 13.4. The maximum Gasteiger partial charge on any atom is 0.223 e. The molecule has 1 aromatic carbocycles. The van der Waals surface area contributed by atoms with Crippen LogP contribution in [0, 0.1) is 5.92 Å². The molecule has 1 aliphatic rings. The standard InChI is InChI=1S/C20H24N2O/c23-20(17-10-4-5-11-17)22-15-18(16-8-2-1-3-9-16)14-19-12-6-7-13-21-19/h1-3,6-9,12-13,17-18H,4-5,10-11,14-15H2,(H,22,23). The zero-order chi connectivity index (χ0) is 15.9. The molecule has 3 rings (SSSR count). The Bertz CT molecular complexity index is 606. The fraction of sp³-hybridized carbons (Fsp3) is 0.400. The molecule has 0 bridgehead atoms. The molecule has 0 aliphatic heterocycles. The van der Waals surface area contributed by atoms with Gasteiger partial charge in [0.05, 0.1) is 0 Å². The molecule has 120 valence electrons. The Morgan fingerprint density at radius 1 is 1.09 bits per heavy atom. The minimum atomic E-state index is 0.223. The number of hydrogen-bond donors (Lipinski definition) is 1. The molecule has 3 nitrogen and oxygen atoms in total. The second-order valence-electron chi connectivity index (χ2n) is 6.36. The molecule has 1 aromatic heterocycles. The summed E-state index contributed by atoms with van der Waals surface area (Å²) in [7, 11) is 0. The molecule has 0 saturated heterocycles. The molecule has 0 radical (unpaired) electrons. The summed E-state index contributed by atoms with van der Waals surface area (Å²) >= 11 is 0. The third-order valence-electron chi connectivity index (χ3n) is 4.70. The van der Waals surface area contributed by atoms with Crippen molar-refractivity contribution in [2.45, 2.75) is 38.0 Å². The van der Waals surface area contributed by atoms with E-state index in [0.717, 1.165) is 25.0 Å². The highest BCUT2D eigenvalue weighted by Crippen LogP contribution is 2.25. The highest BCUT2D eigenvalue weighted by Gasteiger charge is 2.23. The number of nitrogens with one attached hydrogen (secondary N) is 1. The minimum absolute atomic E-state index is 0.223. The molecule has 23 heavy (non-hydrogen) atoms. The number of rotatable bonds is 6. The van der Waals surface area contributed by atoms with Gasteiger partial charge in [-0.1, -0.05) is 49.2 Å². The lowest BCUT2D eigenvalue weighted by atomic mass is 9.93. The van der Waals surface area contributed by atoms with Gasteiger partial charge < -0.3 is 5.32 Å². The Kier molecular flexibility index (Phi) is 5.41. The Labute approximate surface area is 138 Å². The summed E-state index contributed by atoms with van der Waals surface area (Å²) in [6.07, 6.45) is 7.14. The van der Waals surface area contributed by atoms with Crippen molar-refractivity contribution >= 4 is 5.91 Å². The molecule has 1 fully saturated rings. The lowest BCUT2D eigenvalue weighted by Crippen LogP contribution is -2.33. The highest BCUT2D eigenvalue weighted by molar-refractivity contribution is 5.78. The van der Waals surface area contributed by atoms with Crippen LogP contribution in [0.25, 0.3) is 0 Å². The maximum absolute atomic E-state index is 12.3. The Morgan fingerprint density at radius 3 is 2.52 bits per heavy atom. The number of carbonyl (C=O) groups is 1. The van der Waals surface area contributed by atoms with Crippen molar-refractivity contribution in [2.24, 2.45) is 5.92 Å². The van der Waals surface area contributed by atoms with E-state index in [9.17, 15) is 4.79 Å². The molecule has 1 heterocycles. The molecule has 0 spiro atoms. The van der Waals surface area contributed by atoms with Crippen molar-refractivity contribution in [1.82, 2.24) is 10.3 Å².